The number of hydrogen-bond acceptors (Lipinski definition) is 7. The molecule has 25 heavy (non-hydrogen) atoms. The van der Waals surface area contributed by atoms with Gasteiger partial charge in [0.2, 0.25) is 5.91 Å². The summed E-state index contributed by atoms with van der Waals surface area (Å²) >= 11 is 7.94. The maximum absolute atomic E-state index is 12.6. The van der Waals surface area contributed by atoms with Gasteiger partial charge >= 0.3 is 0 Å². The molecule has 3 heterocycles. The Bertz CT molecular complexity index is 845. The van der Waals surface area contributed by atoms with Crippen molar-refractivity contribution < 1.29 is 18.0 Å². The van der Waals surface area contributed by atoms with Crippen LogP contribution in [0.3, 0.4) is 0 Å². The van der Waals surface area contributed by atoms with E-state index in [4.69, 9.17) is 12.2 Å². The van der Waals surface area contributed by atoms with Crippen LogP contribution >= 0.6 is 35.3 Å². The third-order valence-corrected chi connectivity index (χ3v) is 7.90. The third kappa shape index (κ3) is 4.13. The zero-order chi connectivity index (χ0) is 18.2. The fourth-order valence-electron chi connectivity index (χ4n) is 2.66. The van der Waals surface area contributed by atoms with E-state index in [0.29, 0.717) is 15.6 Å². The highest BCUT2D eigenvalue weighted by atomic mass is 32.2. The van der Waals surface area contributed by atoms with Crippen LogP contribution in [-0.4, -0.2) is 53.0 Å². The summed E-state index contributed by atoms with van der Waals surface area (Å²) in [6.07, 6.45) is 2.16. The van der Waals surface area contributed by atoms with Crippen LogP contribution in [-0.2, 0) is 19.4 Å². The zero-order valence-electron chi connectivity index (χ0n) is 13.3. The molecule has 0 bridgehead atoms. The Morgan fingerprint density at radius 2 is 2.28 bits per heavy atom. The summed E-state index contributed by atoms with van der Waals surface area (Å²) in [7, 11) is -3.08. The summed E-state index contributed by atoms with van der Waals surface area (Å²) in [4.78, 5) is 27.7. The number of thioether (sulfide) groups is 1. The smallest absolute Gasteiger partial charge is 0.266 e. The fraction of sp³-hybridized carbons (Fsp3) is 0.400. The summed E-state index contributed by atoms with van der Waals surface area (Å²) in [5.74, 6) is -0.667. The molecule has 6 nitrogen and oxygen atoms in total. The average Bonchev–Trinajstić information content (AvgIpc) is 3.21. The van der Waals surface area contributed by atoms with Gasteiger partial charge in [0.1, 0.15) is 10.4 Å². The Kier molecular flexibility index (Phi) is 5.33. The van der Waals surface area contributed by atoms with Crippen molar-refractivity contribution in [3.63, 3.8) is 0 Å². The lowest BCUT2D eigenvalue weighted by atomic mass is 10.2. The number of rotatable bonds is 4. The van der Waals surface area contributed by atoms with E-state index in [1.165, 1.54) is 28.0 Å². The highest BCUT2D eigenvalue weighted by Gasteiger charge is 2.39. The molecular weight excluding hydrogens is 400 g/mol. The lowest BCUT2D eigenvalue weighted by Gasteiger charge is -2.23. The van der Waals surface area contributed by atoms with E-state index in [1.54, 1.807) is 13.0 Å². The first kappa shape index (κ1) is 18.6. The van der Waals surface area contributed by atoms with Crippen LogP contribution in [0.1, 0.15) is 18.2 Å². The molecule has 2 unspecified atom stereocenters. The summed E-state index contributed by atoms with van der Waals surface area (Å²) < 4.78 is 23.3. The van der Waals surface area contributed by atoms with Crippen molar-refractivity contribution in [1.82, 2.24) is 10.2 Å². The second-order valence-corrected chi connectivity index (χ2v) is 10.7. The van der Waals surface area contributed by atoms with E-state index in [-0.39, 0.29) is 17.4 Å². The molecule has 10 heteroatoms. The van der Waals surface area contributed by atoms with Crippen LogP contribution in [0.25, 0.3) is 6.08 Å². The van der Waals surface area contributed by atoms with Crippen molar-refractivity contribution in [1.29, 1.82) is 0 Å². The molecule has 1 N–H and O–H groups in total. The van der Waals surface area contributed by atoms with E-state index < -0.39 is 27.8 Å². The zero-order valence-corrected chi connectivity index (χ0v) is 16.6. The molecule has 0 aromatic carbocycles. The summed E-state index contributed by atoms with van der Waals surface area (Å²) in [5.41, 5.74) is 0. The third-order valence-electron chi connectivity index (χ3n) is 3.99. The van der Waals surface area contributed by atoms with Crippen molar-refractivity contribution in [3.05, 3.63) is 27.3 Å². The Balaban J connectivity index is 1.69. The van der Waals surface area contributed by atoms with Crippen LogP contribution in [0.2, 0.25) is 0 Å². The normalized spacial score (nSPS) is 25.6. The van der Waals surface area contributed by atoms with Gasteiger partial charge in [-0.15, -0.1) is 11.3 Å². The quantitative estimate of drug-likeness (QED) is 0.593. The number of thiocarbonyl (C=S) groups is 1. The average molecular weight is 417 g/mol. The molecule has 134 valence electrons. The summed E-state index contributed by atoms with van der Waals surface area (Å²) in [6, 6.07) is 2.60. The van der Waals surface area contributed by atoms with Crippen LogP contribution < -0.4 is 5.32 Å². The minimum atomic E-state index is -3.08. The SMILES string of the molecule is CC(C(=O)NC1CCS(=O)(=O)C1)N1C(=O)/C(=C\c2cccs2)SC1=S. The number of hydrogen-bond donors (Lipinski definition) is 1. The molecule has 2 aliphatic rings. The van der Waals surface area contributed by atoms with Crippen LogP contribution in [0.15, 0.2) is 22.4 Å². The number of nitrogens with zero attached hydrogens (tertiary/aromatic N) is 1. The number of carbonyl (C=O) groups is 2. The number of nitrogens with one attached hydrogen (secondary N) is 1. The van der Waals surface area contributed by atoms with Gasteiger partial charge in [-0.05, 0) is 30.9 Å². The predicted octanol–water partition coefficient (Wildman–Crippen LogP) is 1.64. The van der Waals surface area contributed by atoms with E-state index in [2.05, 4.69) is 5.32 Å². The largest absolute Gasteiger partial charge is 0.351 e. The van der Waals surface area contributed by atoms with Crippen molar-refractivity contribution >= 4 is 67.4 Å². The molecule has 2 saturated heterocycles. The Morgan fingerprint density at radius 3 is 2.88 bits per heavy atom. The molecule has 1 aromatic heterocycles. The molecule has 0 spiro atoms. The standard InChI is InChI=1S/C15H16N2O4S4/c1-9(13(18)16-10-4-6-25(20,21)8-10)17-14(19)12(24-15(17)22)7-11-3-2-5-23-11/h2-3,5,7,9-10H,4,6,8H2,1H3,(H,16,18)/b12-7+. The van der Waals surface area contributed by atoms with Crippen LogP contribution in [0.5, 0.6) is 0 Å². The fourth-order valence-corrected chi connectivity index (χ4v) is 6.48. The van der Waals surface area contributed by atoms with Crippen LogP contribution in [0.4, 0.5) is 0 Å². The monoisotopic (exact) mass is 416 g/mol. The van der Waals surface area contributed by atoms with Crippen LogP contribution in [0, 0.1) is 0 Å². The molecular formula is C15H16N2O4S4. The molecule has 0 radical (unpaired) electrons. The number of thiophene rings is 1. The highest BCUT2D eigenvalue weighted by Crippen LogP contribution is 2.34. The Morgan fingerprint density at radius 1 is 1.52 bits per heavy atom. The molecule has 1 aromatic rings. The first-order valence-electron chi connectivity index (χ1n) is 7.58. The number of carbonyl (C=O) groups excluding carboxylic acids is 2. The molecule has 2 atom stereocenters. The van der Waals surface area contributed by atoms with Gasteiger partial charge in [0.25, 0.3) is 5.91 Å². The van der Waals surface area contributed by atoms with Gasteiger partial charge in [0.05, 0.1) is 16.4 Å². The number of sulfone groups is 1. The minimum absolute atomic E-state index is 0.0534. The first-order chi connectivity index (χ1) is 11.8. The Labute approximate surface area is 159 Å². The van der Waals surface area contributed by atoms with Gasteiger partial charge in [-0.25, -0.2) is 8.42 Å². The van der Waals surface area contributed by atoms with E-state index in [9.17, 15) is 18.0 Å². The Hall–Kier alpha value is -1.23. The van der Waals surface area contributed by atoms with Crippen molar-refractivity contribution in [3.8, 4) is 0 Å². The summed E-state index contributed by atoms with van der Waals surface area (Å²) in [6.45, 7) is 1.59. The lowest BCUT2D eigenvalue weighted by Crippen LogP contribution is -2.50. The molecule has 0 saturated carbocycles. The second kappa shape index (κ2) is 7.18. The van der Waals surface area contributed by atoms with Gasteiger partial charge in [0, 0.05) is 10.9 Å². The maximum Gasteiger partial charge on any atom is 0.266 e. The minimum Gasteiger partial charge on any atom is -0.351 e. The van der Waals surface area contributed by atoms with Gasteiger partial charge < -0.3 is 5.32 Å². The highest BCUT2D eigenvalue weighted by molar-refractivity contribution is 8.26. The molecule has 2 amide bonds. The lowest BCUT2D eigenvalue weighted by molar-refractivity contribution is -0.132. The van der Waals surface area contributed by atoms with Crippen molar-refractivity contribution in [2.75, 3.05) is 11.5 Å². The molecule has 2 fully saturated rings. The van der Waals surface area contributed by atoms with E-state index in [1.807, 2.05) is 17.5 Å². The molecule has 0 aliphatic carbocycles. The van der Waals surface area contributed by atoms with Gasteiger partial charge in [-0.3, -0.25) is 14.5 Å². The van der Waals surface area contributed by atoms with Gasteiger partial charge in [-0.1, -0.05) is 30.0 Å². The maximum atomic E-state index is 12.6. The first-order valence-corrected chi connectivity index (χ1v) is 11.5. The summed E-state index contributed by atoms with van der Waals surface area (Å²) in [5, 5.41) is 4.63. The second-order valence-electron chi connectivity index (χ2n) is 5.85. The molecule has 2 aliphatic heterocycles. The number of amides is 2. The molecule has 3 rings (SSSR count). The predicted molar refractivity (Wildman–Crippen MR) is 104 cm³/mol. The van der Waals surface area contributed by atoms with E-state index in [0.717, 1.165) is 4.88 Å². The van der Waals surface area contributed by atoms with E-state index >= 15 is 0 Å². The van der Waals surface area contributed by atoms with Gasteiger partial charge in [0.15, 0.2) is 9.84 Å². The van der Waals surface area contributed by atoms with Crippen molar-refractivity contribution in [2.45, 2.75) is 25.4 Å². The topological polar surface area (TPSA) is 83.6 Å². The van der Waals surface area contributed by atoms with Gasteiger partial charge in [-0.2, -0.15) is 0 Å². The van der Waals surface area contributed by atoms with Crippen molar-refractivity contribution in [2.24, 2.45) is 0 Å².